The summed E-state index contributed by atoms with van der Waals surface area (Å²) in [5, 5.41) is 0. The third-order valence-corrected chi connectivity index (χ3v) is 6.29. The third kappa shape index (κ3) is 3.57. The fourth-order valence-electron chi connectivity index (χ4n) is 1.45. The summed E-state index contributed by atoms with van der Waals surface area (Å²) in [7, 11) is 0. The Labute approximate surface area is 117 Å². The van der Waals surface area contributed by atoms with Crippen LogP contribution in [0.15, 0.2) is 16.6 Å². The van der Waals surface area contributed by atoms with Gasteiger partial charge >= 0.3 is 0 Å². The predicted molar refractivity (Wildman–Crippen MR) is 78.4 cm³/mol. The third-order valence-electron chi connectivity index (χ3n) is 2.60. The van der Waals surface area contributed by atoms with Crippen molar-refractivity contribution in [2.75, 3.05) is 0 Å². The SMILES string of the molecule is Cc1ccc(CC(Br)C(C)Br)c(C)c1Br. The van der Waals surface area contributed by atoms with E-state index in [4.69, 9.17) is 0 Å². The molecule has 15 heavy (non-hydrogen) atoms. The second-order valence-corrected chi connectivity index (χ2v) is 7.29. The lowest BCUT2D eigenvalue weighted by Crippen LogP contribution is -2.13. The lowest BCUT2D eigenvalue weighted by Gasteiger charge is -2.15. The molecule has 0 amide bonds. The van der Waals surface area contributed by atoms with E-state index in [9.17, 15) is 0 Å². The first kappa shape index (κ1) is 13.7. The Kier molecular flexibility index (Phi) is 5.33. The van der Waals surface area contributed by atoms with Crippen molar-refractivity contribution in [2.24, 2.45) is 0 Å². The molecule has 0 radical (unpaired) electrons. The number of benzene rings is 1. The van der Waals surface area contributed by atoms with Gasteiger partial charge in [0.2, 0.25) is 0 Å². The highest BCUT2D eigenvalue weighted by Crippen LogP contribution is 2.27. The number of hydrogen-bond acceptors (Lipinski definition) is 0. The molecule has 0 bridgehead atoms. The molecule has 1 rings (SSSR count). The standard InChI is InChI=1S/C12H15Br3/c1-7-4-5-10(8(2)12(7)15)6-11(14)9(3)13/h4-5,9,11H,6H2,1-3H3. The molecule has 1 aromatic carbocycles. The molecule has 0 nitrogen and oxygen atoms in total. The molecule has 3 heteroatoms. The predicted octanol–water partition coefficient (Wildman–Crippen LogP) is 5.16. The number of rotatable bonds is 3. The second kappa shape index (κ2) is 5.83. The highest BCUT2D eigenvalue weighted by molar-refractivity contribution is 9.12. The first-order valence-corrected chi connectivity index (χ1v) is 7.58. The summed E-state index contributed by atoms with van der Waals surface area (Å²) in [5.74, 6) is 0. The van der Waals surface area contributed by atoms with E-state index in [1.54, 1.807) is 0 Å². The molecule has 0 fully saturated rings. The Morgan fingerprint density at radius 3 is 2.33 bits per heavy atom. The van der Waals surface area contributed by atoms with E-state index in [2.05, 4.69) is 80.7 Å². The largest absolute Gasteiger partial charge is 0.0881 e. The van der Waals surface area contributed by atoms with E-state index in [0.29, 0.717) is 9.65 Å². The van der Waals surface area contributed by atoms with Crippen molar-refractivity contribution in [1.29, 1.82) is 0 Å². The normalized spacial score (nSPS) is 15.1. The molecule has 0 aromatic heterocycles. The van der Waals surface area contributed by atoms with Crippen molar-refractivity contribution in [3.63, 3.8) is 0 Å². The highest BCUT2D eigenvalue weighted by atomic mass is 79.9. The van der Waals surface area contributed by atoms with Crippen molar-refractivity contribution >= 4 is 47.8 Å². The topological polar surface area (TPSA) is 0 Å². The number of alkyl halides is 2. The summed E-state index contributed by atoms with van der Waals surface area (Å²) in [6.07, 6.45) is 1.05. The first-order valence-electron chi connectivity index (χ1n) is 4.96. The van der Waals surface area contributed by atoms with Crippen LogP contribution in [0, 0.1) is 13.8 Å². The van der Waals surface area contributed by atoms with Crippen molar-refractivity contribution in [3.8, 4) is 0 Å². The molecule has 2 unspecified atom stereocenters. The summed E-state index contributed by atoms with van der Waals surface area (Å²) < 4.78 is 1.24. The quantitative estimate of drug-likeness (QED) is 0.617. The van der Waals surface area contributed by atoms with Crippen molar-refractivity contribution in [1.82, 2.24) is 0 Å². The molecule has 2 atom stereocenters. The van der Waals surface area contributed by atoms with E-state index < -0.39 is 0 Å². The molecule has 0 saturated heterocycles. The summed E-state index contributed by atoms with van der Waals surface area (Å²) in [5.41, 5.74) is 4.06. The number of aryl methyl sites for hydroxylation is 1. The summed E-state index contributed by atoms with van der Waals surface area (Å²) in [6.45, 7) is 6.46. The smallest absolute Gasteiger partial charge is 0.0308 e. The molecular formula is C12H15Br3. The molecular weight excluding hydrogens is 384 g/mol. The Hall–Kier alpha value is 0.660. The minimum Gasteiger partial charge on any atom is -0.0881 e. The van der Waals surface area contributed by atoms with Crippen LogP contribution in [-0.2, 0) is 6.42 Å². The number of halogens is 3. The zero-order valence-corrected chi connectivity index (χ0v) is 13.9. The Balaban J connectivity index is 2.92. The first-order chi connectivity index (χ1) is 6.93. The van der Waals surface area contributed by atoms with Gasteiger partial charge in [-0.1, -0.05) is 66.8 Å². The summed E-state index contributed by atoms with van der Waals surface area (Å²) in [4.78, 5) is 0.961. The van der Waals surface area contributed by atoms with Crippen LogP contribution in [0.3, 0.4) is 0 Å². The Morgan fingerprint density at radius 2 is 1.80 bits per heavy atom. The van der Waals surface area contributed by atoms with Gasteiger partial charge in [-0.2, -0.15) is 0 Å². The maximum absolute atomic E-state index is 3.69. The van der Waals surface area contributed by atoms with Crippen LogP contribution in [-0.4, -0.2) is 9.65 Å². The van der Waals surface area contributed by atoms with Crippen LogP contribution in [0.2, 0.25) is 0 Å². The zero-order valence-electron chi connectivity index (χ0n) is 9.15. The van der Waals surface area contributed by atoms with Crippen LogP contribution in [0.5, 0.6) is 0 Å². The van der Waals surface area contributed by atoms with E-state index in [-0.39, 0.29) is 0 Å². The minimum atomic E-state index is 0.478. The molecule has 0 heterocycles. The van der Waals surface area contributed by atoms with Crippen LogP contribution in [0.25, 0.3) is 0 Å². The summed E-state index contributed by atoms with van der Waals surface area (Å²) >= 11 is 10.9. The van der Waals surface area contributed by atoms with Gasteiger partial charge in [0.1, 0.15) is 0 Å². The minimum absolute atomic E-state index is 0.478. The molecule has 0 saturated carbocycles. The monoisotopic (exact) mass is 396 g/mol. The molecule has 0 spiro atoms. The van der Waals surface area contributed by atoms with Gasteiger partial charge in [-0.3, -0.25) is 0 Å². The molecule has 0 aliphatic heterocycles. The Bertz CT molecular complexity index is 345. The summed E-state index contributed by atoms with van der Waals surface area (Å²) in [6, 6.07) is 4.39. The van der Waals surface area contributed by atoms with Crippen LogP contribution in [0.1, 0.15) is 23.6 Å². The fraction of sp³-hybridized carbons (Fsp3) is 0.500. The highest BCUT2D eigenvalue weighted by Gasteiger charge is 2.14. The van der Waals surface area contributed by atoms with E-state index >= 15 is 0 Å². The van der Waals surface area contributed by atoms with Crippen molar-refractivity contribution in [2.45, 2.75) is 36.8 Å². The van der Waals surface area contributed by atoms with Gasteiger partial charge in [-0.05, 0) is 37.0 Å². The maximum Gasteiger partial charge on any atom is 0.0308 e. The van der Waals surface area contributed by atoms with E-state index in [1.807, 2.05) is 0 Å². The van der Waals surface area contributed by atoms with Gasteiger partial charge in [0.05, 0.1) is 0 Å². The zero-order chi connectivity index (χ0) is 11.6. The second-order valence-electron chi connectivity index (χ2n) is 3.88. The molecule has 0 aliphatic carbocycles. The molecule has 1 aromatic rings. The Morgan fingerprint density at radius 1 is 1.20 bits per heavy atom. The molecule has 84 valence electrons. The van der Waals surface area contributed by atoms with Crippen molar-refractivity contribution < 1.29 is 0 Å². The molecule has 0 N–H and O–H groups in total. The number of hydrogen-bond donors (Lipinski definition) is 0. The average Bonchev–Trinajstić information content (AvgIpc) is 2.18. The maximum atomic E-state index is 3.69. The van der Waals surface area contributed by atoms with Crippen LogP contribution < -0.4 is 0 Å². The van der Waals surface area contributed by atoms with Crippen LogP contribution in [0.4, 0.5) is 0 Å². The van der Waals surface area contributed by atoms with E-state index in [1.165, 1.54) is 21.2 Å². The molecule has 0 aliphatic rings. The van der Waals surface area contributed by atoms with Gasteiger partial charge in [-0.15, -0.1) is 0 Å². The van der Waals surface area contributed by atoms with Gasteiger partial charge in [-0.25, -0.2) is 0 Å². The fourth-order valence-corrected chi connectivity index (χ4v) is 2.38. The van der Waals surface area contributed by atoms with Gasteiger partial charge in [0, 0.05) is 14.1 Å². The van der Waals surface area contributed by atoms with E-state index in [0.717, 1.165) is 6.42 Å². The lowest BCUT2D eigenvalue weighted by atomic mass is 10.0. The van der Waals surface area contributed by atoms with Gasteiger partial charge in [0.15, 0.2) is 0 Å². The average molecular weight is 399 g/mol. The lowest BCUT2D eigenvalue weighted by molar-refractivity contribution is 0.850. The van der Waals surface area contributed by atoms with Gasteiger partial charge < -0.3 is 0 Å². The van der Waals surface area contributed by atoms with Crippen molar-refractivity contribution in [3.05, 3.63) is 33.3 Å². The van der Waals surface area contributed by atoms with Gasteiger partial charge in [0.25, 0.3) is 0 Å². The van der Waals surface area contributed by atoms with Crippen LogP contribution >= 0.6 is 47.8 Å².